The van der Waals surface area contributed by atoms with E-state index in [9.17, 15) is 0 Å². The Labute approximate surface area is 82.9 Å². The van der Waals surface area contributed by atoms with E-state index in [0.29, 0.717) is 6.10 Å². The lowest BCUT2D eigenvalue weighted by Gasteiger charge is -2.14. The fourth-order valence-electron chi connectivity index (χ4n) is 1.94. The average molecular weight is 184 g/mol. The van der Waals surface area contributed by atoms with Crippen molar-refractivity contribution in [3.05, 3.63) is 0 Å². The lowest BCUT2D eigenvalue weighted by Crippen LogP contribution is -2.04. The van der Waals surface area contributed by atoms with Crippen LogP contribution in [0.3, 0.4) is 0 Å². The van der Waals surface area contributed by atoms with Crippen LogP contribution in [-0.2, 0) is 4.74 Å². The highest BCUT2D eigenvalue weighted by atomic mass is 16.6. The van der Waals surface area contributed by atoms with Gasteiger partial charge in [-0.3, -0.25) is 0 Å². The molecular weight excluding hydrogens is 160 g/mol. The average Bonchev–Trinajstić information content (AvgIpc) is 2.93. The van der Waals surface area contributed by atoms with Crippen molar-refractivity contribution in [1.29, 1.82) is 0 Å². The summed E-state index contributed by atoms with van der Waals surface area (Å²) in [6.07, 6.45) is 10.3. The van der Waals surface area contributed by atoms with E-state index in [1.54, 1.807) is 0 Å². The normalized spacial score (nSPS) is 21.0. The van der Waals surface area contributed by atoms with Crippen LogP contribution in [0, 0.1) is 5.92 Å². The summed E-state index contributed by atoms with van der Waals surface area (Å²) in [6.45, 7) is 5.60. The molecule has 1 heteroatoms. The second kappa shape index (κ2) is 6.42. The molecule has 13 heavy (non-hydrogen) atoms. The van der Waals surface area contributed by atoms with Crippen LogP contribution < -0.4 is 0 Å². The molecule has 0 aromatic carbocycles. The third-order valence-corrected chi connectivity index (χ3v) is 2.93. The predicted octanol–water partition coefficient (Wildman–Crippen LogP) is 3.77. The maximum absolute atomic E-state index is 5.30. The molecule has 0 aliphatic carbocycles. The molecule has 0 spiro atoms. The highest BCUT2D eigenvalue weighted by molar-refractivity contribution is 4.74. The monoisotopic (exact) mass is 184 g/mol. The van der Waals surface area contributed by atoms with Crippen LogP contribution in [0.5, 0.6) is 0 Å². The molecular formula is C12H24O. The fraction of sp³-hybridized carbons (Fsp3) is 1.00. The van der Waals surface area contributed by atoms with Gasteiger partial charge in [-0.15, -0.1) is 0 Å². The topological polar surface area (TPSA) is 12.5 Å². The molecule has 0 bridgehead atoms. The molecule has 0 N–H and O–H groups in total. The number of hydrogen-bond acceptors (Lipinski definition) is 1. The van der Waals surface area contributed by atoms with E-state index in [1.165, 1.54) is 44.9 Å². The second-order valence-electron chi connectivity index (χ2n) is 4.34. The summed E-state index contributed by atoms with van der Waals surface area (Å²) in [5, 5.41) is 0. The number of hydrogen-bond donors (Lipinski definition) is 0. The Kier molecular flexibility index (Phi) is 5.45. The quantitative estimate of drug-likeness (QED) is 0.523. The summed E-state index contributed by atoms with van der Waals surface area (Å²) in [7, 11) is 0. The molecule has 0 aromatic heterocycles. The van der Waals surface area contributed by atoms with E-state index in [1.807, 2.05) is 0 Å². The van der Waals surface area contributed by atoms with Crippen LogP contribution >= 0.6 is 0 Å². The van der Waals surface area contributed by atoms with E-state index in [-0.39, 0.29) is 0 Å². The smallest absolute Gasteiger partial charge is 0.0812 e. The molecule has 1 saturated heterocycles. The van der Waals surface area contributed by atoms with Gasteiger partial charge in [-0.1, -0.05) is 52.4 Å². The third kappa shape index (κ3) is 5.30. The maximum Gasteiger partial charge on any atom is 0.0812 e. The largest absolute Gasteiger partial charge is 0.373 e. The van der Waals surface area contributed by atoms with Crippen molar-refractivity contribution in [2.24, 2.45) is 5.92 Å². The molecule has 1 heterocycles. The van der Waals surface area contributed by atoms with E-state index in [2.05, 4.69) is 13.8 Å². The molecule has 0 saturated carbocycles. The van der Waals surface area contributed by atoms with Crippen molar-refractivity contribution in [2.75, 3.05) is 6.61 Å². The van der Waals surface area contributed by atoms with Crippen molar-refractivity contribution in [3.8, 4) is 0 Å². The summed E-state index contributed by atoms with van der Waals surface area (Å²) in [4.78, 5) is 0. The number of ether oxygens (including phenoxy) is 1. The minimum Gasteiger partial charge on any atom is -0.373 e. The summed E-state index contributed by atoms with van der Waals surface area (Å²) >= 11 is 0. The highest BCUT2D eigenvalue weighted by Crippen LogP contribution is 2.27. The summed E-state index contributed by atoms with van der Waals surface area (Å²) in [6, 6.07) is 0. The molecule has 1 aliphatic heterocycles. The molecule has 1 nitrogen and oxygen atoms in total. The fourth-order valence-corrected chi connectivity index (χ4v) is 1.94. The van der Waals surface area contributed by atoms with E-state index >= 15 is 0 Å². The lowest BCUT2D eigenvalue weighted by molar-refractivity contribution is 0.321. The second-order valence-corrected chi connectivity index (χ2v) is 4.34. The Morgan fingerprint density at radius 3 is 2.08 bits per heavy atom. The van der Waals surface area contributed by atoms with Gasteiger partial charge in [0.2, 0.25) is 0 Å². The van der Waals surface area contributed by atoms with Crippen LogP contribution in [0.15, 0.2) is 0 Å². The van der Waals surface area contributed by atoms with Gasteiger partial charge in [0.1, 0.15) is 0 Å². The molecule has 1 atom stereocenters. The van der Waals surface area contributed by atoms with E-state index in [0.717, 1.165) is 12.5 Å². The number of rotatable bonds is 8. The Hall–Kier alpha value is -0.0400. The number of unbranched alkanes of at least 4 members (excludes halogenated alkanes) is 2. The zero-order valence-corrected chi connectivity index (χ0v) is 9.22. The maximum atomic E-state index is 5.30. The molecule has 0 amide bonds. The molecule has 1 rings (SSSR count). The first kappa shape index (κ1) is 11.0. The van der Waals surface area contributed by atoms with Gasteiger partial charge in [-0.25, -0.2) is 0 Å². The van der Waals surface area contributed by atoms with Crippen molar-refractivity contribution >= 4 is 0 Å². The zero-order chi connectivity index (χ0) is 9.52. The molecule has 1 unspecified atom stereocenters. The Morgan fingerprint density at radius 2 is 1.69 bits per heavy atom. The van der Waals surface area contributed by atoms with Crippen molar-refractivity contribution in [2.45, 2.75) is 64.9 Å². The first-order chi connectivity index (χ1) is 6.36. The molecule has 78 valence electrons. The van der Waals surface area contributed by atoms with Gasteiger partial charge in [-0.2, -0.15) is 0 Å². The zero-order valence-electron chi connectivity index (χ0n) is 9.22. The van der Waals surface area contributed by atoms with Gasteiger partial charge in [0, 0.05) is 0 Å². The third-order valence-electron chi connectivity index (χ3n) is 2.93. The first-order valence-electron chi connectivity index (χ1n) is 5.98. The van der Waals surface area contributed by atoms with E-state index in [4.69, 9.17) is 4.74 Å². The molecule has 1 fully saturated rings. The minimum absolute atomic E-state index is 0.638. The van der Waals surface area contributed by atoms with Crippen LogP contribution in [-0.4, -0.2) is 12.7 Å². The van der Waals surface area contributed by atoms with Gasteiger partial charge in [-0.05, 0) is 12.3 Å². The Morgan fingerprint density at radius 1 is 1.15 bits per heavy atom. The Bertz CT molecular complexity index is 110. The van der Waals surface area contributed by atoms with Crippen molar-refractivity contribution in [3.63, 3.8) is 0 Å². The predicted molar refractivity (Wildman–Crippen MR) is 56.9 cm³/mol. The van der Waals surface area contributed by atoms with Gasteiger partial charge in [0.25, 0.3) is 0 Å². The summed E-state index contributed by atoms with van der Waals surface area (Å²) < 4.78 is 5.30. The van der Waals surface area contributed by atoms with Crippen LogP contribution in [0.25, 0.3) is 0 Å². The van der Waals surface area contributed by atoms with Crippen LogP contribution in [0.2, 0.25) is 0 Å². The lowest BCUT2D eigenvalue weighted by atomic mass is 9.92. The van der Waals surface area contributed by atoms with Gasteiger partial charge in [0.05, 0.1) is 12.7 Å². The SMILES string of the molecule is CCCCC(CCCC)CC1CO1. The Balaban J connectivity index is 2.08. The molecule has 0 radical (unpaired) electrons. The first-order valence-corrected chi connectivity index (χ1v) is 5.98. The van der Waals surface area contributed by atoms with Crippen LogP contribution in [0.1, 0.15) is 58.8 Å². The van der Waals surface area contributed by atoms with Gasteiger partial charge < -0.3 is 4.74 Å². The van der Waals surface area contributed by atoms with Gasteiger partial charge >= 0.3 is 0 Å². The van der Waals surface area contributed by atoms with E-state index < -0.39 is 0 Å². The van der Waals surface area contributed by atoms with Crippen LogP contribution in [0.4, 0.5) is 0 Å². The standard InChI is InChI=1S/C12H24O/c1-3-5-7-11(8-6-4-2)9-12-10-13-12/h11-12H,3-10H2,1-2H3. The summed E-state index contributed by atoms with van der Waals surface area (Å²) in [5.74, 6) is 0.951. The van der Waals surface area contributed by atoms with Crippen molar-refractivity contribution in [1.82, 2.24) is 0 Å². The van der Waals surface area contributed by atoms with Gasteiger partial charge in [0.15, 0.2) is 0 Å². The minimum atomic E-state index is 0.638. The summed E-state index contributed by atoms with van der Waals surface area (Å²) in [5.41, 5.74) is 0. The highest BCUT2D eigenvalue weighted by Gasteiger charge is 2.25. The molecule has 1 aliphatic rings. The van der Waals surface area contributed by atoms with Crippen molar-refractivity contribution < 1.29 is 4.74 Å². The number of epoxide rings is 1. The molecule has 0 aromatic rings.